The molecule has 1 aromatic carbocycles. The second kappa shape index (κ2) is 9.25. The van der Waals surface area contributed by atoms with Crippen molar-refractivity contribution in [1.82, 2.24) is 9.80 Å². The molecule has 7 nitrogen and oxygen atoms in total. The quantitative estimate of drug-likeness (QED) is 0.680. The maximum Gasteiger partial charge on any atom is 0.294 e. The predicted molar refractivity (Wildman–Crippen MR) is 110 cm³/mol. The van der Waals surface area contributed by atoms with Crippen molar-refractivity contribution in [2.24, 2.45) is 0 Å². The van der Waals surface area contributed by atoms with Crippen molar-refractivity contribution in [2.45, 2.75) is 13.8 Å². The van der Waals surface area contributed by atoms with Crippen LogP contribution in [0.3, 0.4) is 0 Å². The summed E-state index contributed by atoms with van der Waals surface area (Å²) >= 11 is 0.877. The summed E-state index contributed by atoms with van der Waals surface area (Å²) in [6, 6.07) is 7.87. The zero-order valence-electron chi connectivity index (χ0n) is 16.2. The van der Waals surface area contributed by atoms with E-state index in [0.717, 1.165) is 41.0 Å². The van der Waals surface area contributed by atoms with Crippen molar-refractivity contribution in [1.29, 1.82) is 0 Å². The van der Waals surface area contributed by atoms with Gasteiger partial charge in [0.15, 0.2) is 0 Å². The first kappa shape index (κ1) is 20.4. The number of anilines is 1. The van der Waals surface area contributed by atoms with Crippen LogP contribution in [0.25, 0.3) is 6.08 Å². The van der Waals surface area contributed by atoms with E-state index in [4.69, 9.17) is 4.74 Å². The minimum Gasteiger partial charge on any atom is -0.378 e. The highest BCUT2D eigenvalue weighted by Crippen LogP contribution is 2.32. The van der Waals surface area contributed by atoms with Crippen molar-refractivity contribution in [3.63, 3.8) is 0 Å². The molecule has 150 valence electrons. The molecule has 0 N–H and O–H groups in total. The molecule has 0 saturated carbocycles. The van der Waals surface area contributed by atoms with Crippen molar-refractivity contribution in [3.05, 3.63) is 34.7 Å². The average molecular weight is 404 g/mol. The fourth-order valence-corrected chi connectivity index (χ4v) is 4.04. The Morgan fingerprint density at radius 1 is 1.14 bits per heavy atom. The number of carbonyl (C=O) groups is 3. The van der Waals surface area contributed by atoms with E-state index in [-0.39, 0.29) is 12.5 Å². The standard InChI is InChI=1S/C20H25N3O4S/c1-3-21(4-2)16-7-5-15(6-8-16)13-17-19(25)23(20(26)28-17)14-18(24)22-9-11-27-12-10-22/h5-8,13H,3-4,9-12,14H2,1-2H3/b17-13+. The van der Waals surface area contributed by atoms with E-state index < -0.39 is 11.1 Å². The molecule has 0 atom stereocenters. The topological polar surface area (TPSA) is 70.2 Å². The van der Waals surface area contributed by atoms with E-state index in [0.29, 0.717) is 31.2 Å². The highest BCUT2D eigenvalue weighted by atomic mass is 32.2. The first-order valence-electron chi connectivity index (χ1n) is 9.49. The fraction of sp³-hybridized carbons (Fsp3) is 0.450. The van der Waals surface area contributed by atoms with Gasteiger partial charge in [-0.15, -0.1) is 0 Å². The lowest BCUT2D eigenvalue weighted by molar-refractivity contribution is -0.139. The molecule has 8 heteroatoms. The van der Waals surface area contributed by atoms with Crippen LogP contribution < -0.4 is 4.90 Å². The lowest BCUT2D eigenvalue weighted by atomic mass is 10.1. The Balaban J connectivity index is 1.67. The second-order valence-corrected chi connectivity index (χ2v) is 7.52. The van der Waals surface area contributed by atoms with Crippen LogP contribution in [-0.2, 0) is 14.3 Å². The number of benzene rings is 1. The molecule has 1 aromatic rings. The van der Waals surface area contributed by atoms with Gasteiger partial charge in [0.05, 0.1) is 18.1 Å². The van der Waals surface area contributed by atoms with Gasteiger partial charge in [0.2, 0.25) is 5.91 Å². The van der Waals surface area contributed by atoms with Crippen LogP contribution in [0.5, 0.6) is 0 Å². The van der Waals surface area contributed by atoms with E-state index >= 15 is 0 Å². The van der Waals surface area contributed by atoms with E-state index in [2.05, 4.69) is 18.7 Å². The summed E-state index contributed by atoms with van der Waals surface area (Å²) in [6.07, 6.45) is 1.70. The zero-order chi connectivity index (χ0) is 20.1. The van der Waals surface area contributed by atoms with E-state index in [9.17, 15) is 14.4 Å². The molecule has 0 unspecified atom stereocenters. The number of carbonyl (C=O) groups excluding carboxylic acids is 3. The number of imide groups is 1. The zero-order valence-corrected chi connectivity index (χ0v) is 17.0. The molecule has 3 rings (SSSR count). The summed E-state index contributed by atoms with van der Waals surface area (Å²) in [4.78, 5) is 42.5. The van der Waals surface area contributed by atoms with Crippen LogP contribution in [0.1, 0.15) is 19.4 Å². The Kier molecular flexibility index (Phi) is 6.74. The van der Waals surface area contributed by atoms with Crippen molar-refractivity contribution in [3.8, 4) is 0 Å². The van der Waals surface area contributed by atoms with Crippen molar-refractivity contribution >= 4 is 40.6 Å². The van der Waals surface area contributed by atoms with Gasteiger partial charge in [-0.05, 0) is 49.4 Å². The Morgan fingerprint density at radius 3 is 2.39 bits per heavy atom. The smallest absolute Gasteiger partial charge is 0.294 e. The number of hydrogen-bond acceptors (Lipinski definition) is 6. The molecule has 0 bridgehead atoms. The molecule has 0 spiro atoms. The lowest BCUT2D eigenvalue weighted by Gasteiger charge is -2.28. The molecular formula is C20H25N3O4S. The van der Waals surface area contributed by atoms with Crippen molar-refractivity contribution < 1.29 is 19.1 Å². The van der Waals surface area contributed by atoms with Gasteiger partial charge in [-0.3, -0.25) is 19.3 Å². The molecule has 3 amide bonds. The van der Waals surface area contributed by atoms with Gasteiger partial charge in [0.1, 0.15) is 6.54 Å². The lowest BCUT2D eigenvalue weighted by Crippen LogP contribution is -2.46. The van der Waals surface area contributed by atoms with E-state index in [1.54, 1.807) is 11.0 Å². The maximum absolute atomic E-state index is 12.6. The van der Waals surface area contributed by atoms with Gasteiger partial charge < -0.3 is 14.5 Å². The van der Waals surface area contributed by atoms with Gasteiger partial charge in [0.25, 0.3) is 11.1 Å². The normalized spacial score (nSPS) is 18.9. The molecule has 2 aliphatic heterocycles. The number of amides is 3. The van der Waals surface area contributed by atoms with Crippen molar-refractivity contribution in [2.75, 3.05) is 50.8 Å². The van der Waals surface area contributed by atoms with Gasteiger partial charge in [-0.25, -0.2) is 0 Å². The second-order valence-electron chi connectivity index (χ2n) is 6.52. The molecule has 2 fully saturated rings. The molecule has 2 aliphatic rings. The van der Waals surface area contributed by atoms with E-state index in [1.165, 1.54) is 0 Å². The highest BCUT2D eigenvalue weighted by molar-refractivity contribution is 8.18. The third-order valence-corrected chi connectivity index (χ3v) is 5.76. The monoisotopic (exact) mass is 403 g/mol. The first-order valence-corrected chi connectivity index (χ1v) is 10.3. The van der Waals surface area contributed by atoms with Crippen LogP contribution in [0, 0.1) is 0 Å². The summed E-state index contributed by atoms with van der Waals surface area (Å²) < 4.78 is 5.23. The van der Waals surface area contributed by atoms with Gasteiger partial charge in [-0.2, -0.15) is 0 Å². The first-order chi connectivity index (χ1) is 13.5. The van der Waals surface area contributed by atoms with Crippen LogP contribution >= 0.6 is 11.8 Å². The van der Waals surface area contributed by atoms with Gasteiger partial charge in [-0.1, -0.05) is 12.1 Å². The Hall–Kier alpha value is -2.32. The minimum atomic E-state index is -0.413. The number of rotatable bonds is 6. The fourth-order valence-electron chi connectivity index (χ4n) is 3.21. The highest BCUT2D eigenvalue weighted by Gasteiger charge is 2.37. The third kappa shape index (κ3) is 4.56. The number of nitrogens with zero attached hydrogens (tertiary/aromatic N) is 3. The summed E-state index contributed by atoms with van der Waals surface area (Å²) in [5.41, 5.74) is 1.97. The number of hydrogen-bond donors (Lipinski definition) is 0. The van der Waals surface area contributed by atoms with Crippen LogP contribution in [-0.4, -0.2) is 72.8 Å². The third-order valence-electron chi connectivity index (χ3n) is 4.85. The Labute approximate surface area is 169 Å². The number of morpholine rings is 1. The van der Waals surface area contributed by atoms with Crippen LogP contribution in [0.4, 0.5) is 10.5 Å². The summed E-state index contributed by atoms with van der Waals surface area (Å²) in [6.45, 7) is 7.78. The molecule has 0 aliphatic carbocycles. The van der Waals surface area contributed by atoms with E-state index in [1.807, 2.05) is 24.3 Å². The van der Waals surface area contributed by atoms with Gasteiger partial charge in [0, 0.05) is 31.9 Å². The Morgan fingerprint density at radius 2 is 1.79 bits per heavy atom. The Bertz CT molecular complexity index is 768. The van der Waals surface area contributed by atoms with Crippen LogP contribution in [0.15, 0.2) is 29.2 Å². The maximum atomic E-state index is 12.6. The largest absolute Gasteiger partial charge is 0.378 e. The van der Waals surface area contributed by atoms with Crippen LogP contribution in [0.2, 0.25) is 0 Å². The average Bonchev–Trinajstić information content (AvgIpc) is 2.98. The molecule has 2 heterocycles. The molecule has 2 saturated heterocycles. The summed E-state index contributed by atoms with van der Waals surface area (Å²) in [7, 11) is 0. The molecule has 28 heavy (non-hydrogen) atoms. The molecular weight excluding hydrogens is 378 g/mol. The van der Waals surface area contributed by atoms with Gasteiger partial charge >= 0.3 is 0 Å². The summed E-state index contributed by atoms with van der Waals surface area (Å²) in [5.74, 6) is -0.639. The number of ether oxygens (including phenoxy) is 1. The SMILES string of the molecule is CCN(CC)c1ccc(/C=C2/SC(=O)N(CC(=O)N3CCOCC3)C2=O)cc1. The molecule has 0 radical (unpaired) electrons. The minimum absolute atomic E-state index is 0.219. The summed E-state index contributed by atoms with van der Waals surface area (Å²) in [5, 5.41) is -0.405. The number of thioether (sulfide) groups is 1. The predicted octanol–water partition coefficient (Wildman–Crippen LogP) is 2.43. The molecule has 0 aromatic heterocycles.